The lowest BCUT2D eigenvalue weighted by Crippen LogP contribution is -2.24. The molecule has 0 spiro atoms. The van der Waals surface area contributed by atoms with E-state index in [-0.39, 0.29) is 5.60 Å². The predicted molar refractivity (Wildman–Crippen MR) is 69.9 cm³/mol. The maximum Gasteiger partial charge on any atom is 0.0640 e. The maximum atomic E-state index is 5.39. The number of nitrogens with one attached hydrogen (secondary N) is 1. The minimum absolute atomic E-state index is 0.0811. The van der Waals surface area contributed by atoms with Gasteiger partial charge in [-0.15, -0.1) is 0 Å². The predicted octanol–water partition coefficient (Wildman–Crippen LogP) is 2.20. The van der Waals surface area contributed by atoms with E-state index in [0.717, 1.165) is 19.5 Å². The van der Waals surface area contributed by atoms with Gasteiger partial charge >= 0.3 is 0 Å². The molecule has 0 saturated carbocycles. The van der Waals surface area contributed by atoms with E-state index in [9.17, 15) is 0 Å². The lowest BCUT2D eigenvalue weighted by molar-refractivity contribution is 0.0113. The third-order valence-electron chi connectivity index (χ3n) is 2.90. The number of nitrogens with zero attached hydrogens (tertiary/aromatic N) is 2. The number of hydrogen-bond acceptors (Lipinski definition) is 3. The van der Waals surface area contributed by atoms with Gasteiger partial charge in [-0.1, -0.05) is 13.8 Å². The van der Waals surface area contributed by atoms with Gasteiger partial charge in [-0.25, -0.2) is 0 Å². The van der Waals surface area contributed by atoms with Gasteiger partial charge in [0.15, 0.2) is 0 Å². The van der Waals surface area contributed by atoms with E-state index in [0.29, 0.717) is 6.04 Å². The molecule has 0 bridgehead atoms. The summed E-state index contributed by atoms with van der Waals surface area (Å²) >= 11 is 0. The Balaban J connectivity index is 2.40. The van der Waals surface area contributed by atoms with E-state index in [4.69, 9.17) is 4.74 Å². The molecule has 17 heavy (non-hydrogen) atoms. The standard InChI is InChI=1S/C13H25N3O/c1-11(2)14-8-12-9-15-16(10-12)7-6-13(3,4)17-5/h9-11,14H,6-8H2,1-5H3. The molecule has 1 heterocycles. The van der Waals surface area contributed by atoms with Crippen LogP contribution in [0, 0.1) is 0 Å². The van der Waals surface area contributed by atoms with E-state index < -0.39 is 0 Å². The van der Waals surface area contributed by atoms with Crippen LogP contribution in [0.2, 0.25) is 0 Å². The van der Waals surface area contributed by atoms with Crippen molar-refractivity contribution in [1.82, 2.24) is 15.1 Å². The van der Waals surface area contributed by atoms with Gasteiger partial charge in [-0.3, -0.25) is 4.68 Å². The van der Waals surface area contributed by atoms with E-state index in [2.05, 4.69) is 44.3 Å². The van der Waals surface area contributed by atoms with Crippen molar-refractivity contribution in [3.8, 4) is 0 Å². The summed E-state index contributed by atoms with van der Waals surface area (Å²) in [7, 11) is 1.75. The molecule has 0 saturated heterocycles. The number of aryl methyl sites for hydroxylation is 1. The SMILES string of the molecule is COC(C)(C)CCn1cc(CNC(C)C)cn1. The van der Waals surface area contributed by atoms with E-state index in [1.807, 2.05) is 10.9 Å². The zero-order chi connectivity index (χ0) is 12.9. The van der Waals surface area contributed by atoms with Crippen molar-refractivity contribution in [1.29, 1.82) is 0 Å². The van der Waals surface area contributed by atoms with Gasteiger partial charge in [-0.2, -0.15) is 5.10 Å². The van der Waals surface area contributed by atoms with Crippen LogP contribution in [0.3, 0.4) is 0 Å². The number of ether oxygens (including phenoxy) is 1. The fourth-order valence-corrected chi connectivity index (χ4v) is 1.43. The fraction of sp³-hybridized carbons (Fsp3) is 0.769. The summed E-state index contributed by atoms with van der Waals surface area (Å²) in [5.41, 5.74) is 1.15. The Morgan fingerprint density at radius 1 is 1.47 bits per heavy atom. The molecule has 0 aliphatic rings. The minimum atomic E-state index is -0.0811. The van der Waals surface area contributed by atoms with Crippen molar-refractivity contribution >= 4 is 0 Å². The van der Waals surface area contributed by atoms with Crippen LogP contribution in [0.25, 0.3) is 0 Å². The monoisotopic (exact) mass is 239 g/mol. The molecule has 4 nitrogen and oxygen atoms in total. The first-order chi connectivity index (χ1) is 7.93. The number of hydrogen-bond donors (Lipinski definition) is 1. The Kier molecular flexibility index (Phi) is 5.15. The lowest BCUT2D eigenvalue weighted by Gasteiger charge is -2.22. The van der Waals surface area contributed by atoms with Crippen LogP contribution in [0.5, 0.6) is 0 Å². The second kappa shape index (κ2) is 6.17. The van der Waals surface area contributed by atoms with Crippen molar-refractivity contribution in [2.45, 2.75) is 58.8 Å². The normalized spacial score (nSPS) is 12.4. The maximum absolute atomic E-state index is 5.39. The topological polar surface area (TPSA) is 39.1 Å². The molecular weight excluding hydrogens is 214 g/mol. The minimum Gasteiger partial charge on any atom is -0.379 e. The molecule has 0 amide bonds. The average molecular weight is 239 g/mol. The van der Waals surface area contributed by atoms with Gasteiger partial charge in [-0.05, 0) is 20.3 Å². The summed E-state index contributed by atoms with van der Waals surface area (Å²) < 4.78 is 7.38. The van der Waals surface area contributed by atoms with Crippen LogP contribution >= 0.6 is 0 Å². The second-order valence-electron chi connectivity index (χ2n) is 5.36. The van der Waals surface area contributed by atoms with Gasteiger partial charge in [0.25, 0.3) is 0 Å². The highest BCUT2D eigenvalue weighted by atomic mass is 16.5. The third-order valence-corrected chi connectivity index (χ3v) is 2.90. The zero-order valence-electron chi connectivity index (χ0n) is 11.7. The summed E-state index contributed by atoms with van der Waals surface area (Å²) in [5, 5.41) is 7.73. The van der Waals surface area contributed by atoms with E-state index >= 15 is 0 Å². The largest absolute Gasteiger partial charge is 0.379 e. The van der Waals surface area contributed by atoms with Crippen molar-refractivity contribution in [2.24, 2.45) is 0 Å². The smallest absolute Gasteiger partial charge is 0.0640 e. The highest BCUT2D eigenvalue weighted by Crippen LogP contribution is 2.14. The average Bonchev–Trinajstić information content (AvgIpc) is 2.72. The Morgan fingerprint density at radius 3 is 2.76 bits per heavy atom. The molecule has 0 aromatic carbocycles. The molecule has 0 aliphatic carbocycles. The summed E-state index contributed by atoms with van der Waals surface area (Å²) in [6.45, 7) is 10.3. The van der Waals surface area contributed by atoms with Gasteiger partial charge in [0.05, 0.1) is 11.8 Å². The first-order valence-electron chi connectivity index (χ1n) is 6.23. The molecule has 1 N–H and O–H groups in total. The highest BCUT2D eigenvalue weighted by molar-refractivity contribution is 5.03. The summed E-state index contributed by atoms with van der Waals surface area (Å²) in [4.78, 5) is 0. The molecule has 0 unspecified atom stereocenters. The molecule has 0 fully saturated rings. The van der Waals surface area contributed by atoms with Gasteiger partial charge in [0.2, 0.25) is 0 Å². The Morgan fingerprint density at radius 2 is 2.18 bits per heavy atom. The van der Waals surface area contributed by atoms with Crippen LogP contribution in [0.1, 0.15) is 39.7 Å². The molecule has 0 aliphatic heterocycles. The molecular formula is C13H25N3O. The van der Waals surface area contributed by atoms with E-state index in [1.54, 1.807) is 7.11 Å². The van der Waals surface area contributed by atoms with Crippen LogP contribution in [0.4, 0.5) is 0 Å². The van der Waals surface area contributed by atoms with E-state index in [1.165, 1.54) is 5.56 Å². The Labute approximate surface area is 104 Å². The molecule has 1 aromatic rings. The van der Waals surface area contributed by atoms with Crippen LogP contribution in [-0.2, 0) is 17.8 Å². The Hall–Kier alpha value is -0.870. The Bertz CT molecular complexity index is 331. The summed E-state index contributed by atoms with van der Waals surface area (Å²) in [6, 6.07) is 0.505. The highest BCUT2D eigenvalue weighted by Gasteiger charge is 2.16. The third kappa shape index (κ3) is 5.33. The molecule has 4 heteroatoms. The van der Waals surface area contributed by atoms with Crippen molar-refractivity contribution in [3.63, 3.8) is 0 Å². The van der Waals surface area contributed by atoms with Crippen molar-refractivity contribution in [3.05, 3.63) is 18.0 Å². The number of rotatable bonds is 7. The zero-order valence-corrected chi connectivity index (χ0v) is 11.7. The van der Waals surface area contributed by atoms with Crippen LogP contribution in [0.15, 0.2) is 12.4 Å². The fourth-order valence-electron chi connectivity index (χ4n) is 1.43. The molecule has 0 radical (unpaired) electrons. The van der Waals surface area contributed by atoms with Crippen LogP contribution in [-0.4, -0.2) is 28.5 Å². The first-order valence-corrected chi connectivity index (χ1v) is 6.23. The van der Waals surface area contributed by atoms with Crippen molar-refractivity contribution < 1.29 is 4.74 Å². The second-order valence-corrected chi connectivity index (χ2v) is 5.36. The molecule has 1 aromatic heterocycles. The number of methoxy groups -OCH3 is 1. The molecule has 1 rings (SSSR count). The summed E-state index contributed by atoms with van der Waals surface area (Å²) in [5.74, 6) is 0. The van der Waals surface area contributed by atoms with Crippen molar-refractivity contribution in [2.75, 3.05) is 7.11 Å². The number of aromatic nitrogens is 2. The quantitative estimate of drug-likeness (QED) is 0.793. The van der Waals surface area contributed by atoms with Gasteiger partial charge in [0, 0.05) is 38.0 Å². The molecule has 0 atom stereocenters. The summed E-state index contributed by atoms with van der Waals surface area (Å²) in [6.07, 6.45) is 4.98. The first kappa shape index (κ1) is 14.2. The molecule has 98 valence electrons. The van der Waals surface area contributed by atoms with Crippen LogP contribution < -0.4 is 5.32 Å². The van der Waals surface area contributed by atoms with Gasteiger partial charge in [0.1, 0.15) is 0 Å². The lowest BCUT2D eigenvalue weighted by atomic mass is 10.1. The van der Waals surface area contributed by atoms with Gasteiger partial charge < -0.3 is 10.1 Å².